The molecule has 0 aliphatic carbocycles. The third kappa shape index (κ3) is 5.10. The molecule has 3 aliphatic heterocycles. The van der Waals surface area contributed by atoms with Gasteiger partial charge in [-0.25, -0.2) is 9.18 Å². The van der Waals surface area contributed by atoms with E-state index in [1.807, 2.05) is 4.90 Å². The maximum absolute atomic E-state index is 13.3. The Bertz CT molecular complexity index is 759. The fourth-order valence-corrected chi connectivity index (χ4v) is 4.62. The summed E-state index contributed by atoms with van der Waals surface area (Å²) in [5.74, 6) is -0.365. The quantitative estimate of drug-likeness (QED) is 0.814. The van der Waals surface area contributed by atoms with Crippen LogP contribution in [0.3, 0.4) is 0 Å². The molecule has 3 saturated heterocycles. The first-order valence-electron chi connectivity index (χ1n) is 10.9. The molecule has 0 saturated carbocycles. The second-order valence-corrected chi connectivity index (χ2v) is 8.42. The van der Waals surface area contributed by atoms with E-state index < -0.39 is 5.79 Å². The van der Waals surface area contributed by atoms with Crippen molar-refractivity contribution in [2.75, 3.05) is 44.7 Å². The maximum Gasteiger partial charge on any atom is 0.321 e. The lowest BCUT2D eigenvalue weighted by molar-refractivity contribution is -0.187. The zero-order valence-electron chi connectivity index (χ0n) is 17.3. The van der Waals surface area contributed by atoms with Crippen LogP contribution in [-0.2, 0) is 14.3 Å². The molecular formula is C22H30FN3O4. The number of piperidine rings is 2. The SMILES string of the molecule is O=C(CCC1CCCN(C(=O)Nc2cccc(F)c2)C1)N1CCC2(CC1)OCCO2. The normalized spacial score (nSPS) is 23.6. The van der Waals surface area contributed by atoms with Crippen molar-refractivity contribution < 1.29 is 23.5 Å². The summed E-state index contributed by atoms with van der Waals surface area (Å²) in [7, 11) is 0. The van der Waals surface area contributed by atoms with E-state index in [4.69, 9.17) is 9.47 Å². The lowest BCUT2D eigenvalue weighted by Crippen LogP contribution is -2.47. The summed E-state index contributed by atoms with van der Waals surface area (Å²) in [6, 6.07) is 5.69. The number of anilines is 1. The molecular weight excluding hydrogens is 389 g/mol. The van der Waals surface area contributed by atoms with Gasteiger partial charge in [0.2, 0.25) is 5.91 Å². The van der Waals surface area contributed by atoms with E-state index in [-0.39, 0.29) is 17.8 Å². The Balaban J connectivity index is 1.21. The number of hydrogen-bond acceptors (Lipinski definition) is 4. The molecule has 3 amide bonds. The van der Waals surface area contributed by atoms with Gasteiger partial charge in [0.05, 0.1) is 13.2 Å². The molecule has 30 heavy (non-hydrogen) atoms. The number of likely N-dealkylation sites (tertiary alicyclic amines) is 2. The Morgan fingerprint density at radius 1 is 1.13 bits per heavy atom. The minimum absolute atomic E-state index is 0.171. The van der Waals surface area contributed by atoms with Crippen LogP contribution >= 0.6 is 0 Å². The largest absolute Gasteiger partial charge is 0.347 e. The minimum atomic E-state index is -0.463. The first-order chi connectivity index (χ1) is 14.5. The Morgan fingerprint density at radius 3 is 2.63 bits per heavy atom. The van der Waals surface area contributed by atoms with Crippen molar-refractivity contribution in [3.8, 4) is 0 Å². The van der Waals surface area contributed by atoms with Gasteiger partial charge >= 0.3 is 6.03 Å². The Morgan fingerprint density at radius 2 is 1.90 bits per heavy atom. The summed E-state index contributed by atoms with van der Waals surface area (Å²) in [5, 5.41) is 2.76. The average molecular weight is 419 g/mol. The topological polar surface area (TPSA) is 71.1 Å². The van der Waals surface area contributed by atoms with Crippen molar-refractivity contribution >= 4 is 17.6 Å². The van der Waals surface area contributed by atoms with Crippen LogP contribution < -0.4 is 5.32 Å². The summed E-state index contributed by atoms with van der Waals surface area (Å²) in [6.45, 7) is 3.92. The van der Waals surface area contributed by atoms with Gasteiger partial charge in [-0.3, -0.25) is 4.79 Å². The highest BCUT2D eigenvalue weighted by molar-refractivity contribution is 5.89. The molecule has 3 aliphatic rings. The molecule has 1 aromatic carbocycles. The van der Waals surface area contributed by atoms with Crippen LogP contribution in [0.25, 0.3) is 0 Å². The van der Waals surface area contributed by atoms with Crippen molar-refractivity contribution in [3.63, 3.8) is 0 Å². The molecule has 7 nitrogen and oxygen atoms in total. The minimum Gasteiger partial charge on any atom is -0.347 e. The first kappa shape index (κ1) is 21.1. The van der Waals surface area contributed by atoms with E-state index in [2.05, 4.69) is 5.32 Å². The maximum atomic E-state index is 13.3. The highest BCUT2D eigenvalue weighted by atomic mass is 19.1. The molecule has 8 heteroatoms. The lowest BCUT2D eigenvalue weighted by Gasteiger charge is -2.38. The standard InChI is InChI=1S/C22H30FN3O4/c23-18-4-1-5-19(15-18)24-21(28)26-10-2-3-17(16-26)6-7-20(27)25-11-8-22(9-12-25)29-13-14-30-22/h1,4-5,15,17H,2-3,6-14,16H2,(H,24,28). The number of carbonyl (C=O) groups is 2. The van der Waals surface area contributed by atoms with E-state index in [9.17, 15) is 14.0 Å². The number of ether oxygens (including phenoxy) is 2. The molecule has 1 unspecified atom stereocenters. The number of rotatable bonds is 4. The van der Waals surface area contributed by atoms with Crippen LogP contribution in [0.1, 0.15) is 38.5 Å². The summed E-state index contributed by atoms with van der Waals surface area (Å²) < 4.78 is 24.8. The molecule has 0 aromatic heterocycles. The highest BCUT2D eigenvalue weighted by Gasteiger charge is 2.40. The van der Waals surface area contributed by atoms with Gasteiger partial charge in [0.15, 0.2) is 5.79 Å². The van der Waals surface area contributed by atoms with Crippen molar-refractivity contribution in [2.45, 2.75) is 44.3 Å². The van der Waals surface area contributed by atoms with Crippen molar-refractivity contribution in [3.05, 3.63) is 30.1 Å². The molecule has 1 N–H and O–H groups in total. The predicted octanol–water partition coefficient (Wildman–Crippen LogP) is 3.22. The van der Waals surface area contributed by atoms with Crippen LogP contribution in [0.5, 0.6) is 0 Å². The second-order valence-electron chi connectivity index (χ2n) is 8.42. The molecule has 3 heterocycles. The van der Waals surface area contributed by atoms with E-state index in [0.717, 1.165) is 32.1 Å². The molecule has 164 valence electrons. The van der Waals surface area contributed by atoms with Gasteiger partial charge in [-0.2, -0.15) is 0 Å². The molecule has 4 rings (SSSR count). The smallest absolute Gasteiger partial charge is 0.321 e. The first-order valence-corrected chi connectivity index (χ1v) is 10.9. The van der Waals surface area contributed by atoms with E-state index in [1.54, 1.807) is 17.0 Å². The lowest BCUT2D eigenvalue weighted by atomic mass is 9.93. The van der Waals surface area contributed by atoms with E-state index in [0.29, 0.717) is 57.4 Å². The number of urea groups is 1. The van der Waals surface area contributed by atoms with E-state index >= 15 is 0 Å². The Kier molecular flexibility index (Phi) is 6.53. The van der Waals surface area contributed by atoms with Gasteiger partial charge in [-0.15, -0.1) is 0 Å². The molecule has 1 aromatic rings. The number of hydrogen-bond donors (Lipinski definition) is 1. The van der Waals surface area contributed by atoms with Gasteiger partial charge in [-0.1, -0.05) is 6.07 Å². The van der Waals surface area contributed by atoms with Gasteiger partial charge in [-0.05, 0) is 43.4 Å². The van der Waals surface area contributed by atoms with Gasteiger partial charge in [0.1, 0.15) is 5.82 Å². The third-order valence-electron chi connectivity index (χ3n) is 6.34. The van der Waals surface area contributed by atoms with Crippen molar-refractivity contribution in [2.24, 2.45) is 5.92 Å². The second kappa shape index (κ2) is 9.31. The molecule has 3 fully saturated rings. The molecule has 1 spiro atoms. The molecule has 0 radical (unpaired) electrons. The summed E-state index contributed by atoms with van der Waals surface area (Å²) in [5.41, 5.74) is 0.454. The van der Waals surface area contributed by atoms with Gasteiger partial charge in [0.25, 0.3) is 0 Å². The monoisotopic (exact) mass is 419 g/mol. The summed E-state index contributed by atoms with van der Waals surface area (Å²) in [4.78, 5) is 28.9. The van der Waals surface area contributed by atoms with Gasteiger partial charge < -0.3 is 24.6 Å². The fourth-order valence-electron chi connectivity index (χ4n) is 4.62. The number of carbonyl (C=O) groups excluding carboxylic acids is 2. The van der Waals surface area contributed by atoms with Crippen LogP contribution in [-0.4, -0.2) is 66.9 Å². The zero-order valence-corrected chi connectivity index (χ0v) is 17.3. The summed E-state index contributed by atoms with van der Waals surface area (Å²) in [6.07, 6.45) is 4.67. The predicted molar refractivity (Wildman–Crippen MR) is 109 cm³/mol. The van der Waals surface area contributed by atoms with Crippen LogP contribution in [0, 0.1) is 11.7 Å². The van der Waals surface area contributed by atoms with Crippen molar-refractivity contribution in [1.29, 1.82) is 0 Å². The van der Waals surface area contributed by atoms with E-state index in [1.165, 1.54) is 12.1 Å². The van der Waals surface area contributed by atoms with Crippen LogP contribution in [0.4, 0.5) is 14.9 Å². The number of amides is 3. The molecule has 0 bridgehead atoms. The third-order valence-corrected chi connectivity index (χ3v) is 6.34. The van der Waals surface area contributed by atoms with Crippen molar-refractivity contribution in [1.82, 2.24) is 9.80 Å². The van der Waals surface area contributed by atoms with Crippen LogP contribution in [0.15, 0.2) is 24.3 Å². The number of benzene rings is 1. The average Bonchev–Trinajstić information content (AvgIpc) is 3.20. The molecule has 1 atom stereocenters. The van der Waals surface area contributed by atoms with Gasteiger partial charge in [0, 0.05) is 51.1 Å². The number of nitrogens with one attached hydrogen (secondary N) is 1. The number of nitrogens with zero attached hydrogens (tertiary/aromatic N) is 2. The Labute approximate surface area is 176 Å². The summed E-state index contributed by atoms with van der Waals surface area (Å²) >= 11 is 0. The number of halogens is 1. The Hall–Kier alpha value is -2.19. The highest BCUT2D eigenvalue weighted by Crippen LogP contribution is 2.32. The zero-order chi connectivity index (χ0) is 21.0. The fraction of sp³-hybridized carbons (Fsp3) is 0.636. The van der Waals surface area contributed by atoms with Crippen LogP contribution in [0.2, 0.25) is 0 Å².